The SMILES string of the molecule is COc1cc(CNCC(=O)N2CCCC2)ccn1. The average Bonchev–Trinajstić information content (AvgIpc) is 2.93. The smallest absolute Gasteiger partial charge is 0.236 e. The highest BCUT2D eigenvalue weighted by Gasteiger charge is 2.16. The summed E-state index contributed by atoms with van der Waals surface area (Å²) in [5.41, 5.74) is 1.07. The Morgan fingerprint density at radius 3 is 3.00 bits per heavy atom. The van der Waals surface area contributed by atoms with Crippen molar-refractivity contribution in [3.63, 3.8) is 0 Å². The molecule has 0 aromatic carbocycles. The lowest BCUT2D eigenvalue weighted by molar-refractivity contribution is -0.129. The third-order valence-electron chi connectivity index (χ3n) is 3.07. The van der Waals surface area contributed by atoms with E-state index in [4.69, 9.17) is 4.74 Å². The summed E-state index contributed by atoms with van der Waals surface area (Å²) in [4.78, 5) is 17.7. The minimum absolute atomic E-state index is 0.188. The first-order valence-corrected chi connectivity index (χ1v) is 6.27. The molecule has 1 aromatic heterocycles. The minimum Gasteiger partial charge on any atom is -0.481 e. The molecule has 98 valence electrons. The van der Waals surface area contributed by atoms with Crippen LogP contribution < -0.4 is 10.1 Å². The molecule has 0 spiro atoms. The van der Waals surface area contributed by atoms with Gasteiger partial charge in [-0.25, -0.2) is 4.98 Å². The third-order valence-corrected chi connectivity index (χ3v) is 3.07. The van der Waals surface area contributed by atoms with Crippen molar-refractivity contribution < 1.29 is 9.53 Å². The molecule has 1 N–H and O–H groups in total. The van der Waals surface area contributed by atoms with Gasteiger partial charge in [0.05, 0.1) is 13.7 Å². The number of ether oxygens (including phenoxy) is 1. The lowest BCUT2D eigenvalue weighted by atomic mass is 10.2. The molecular weight excluding hydrogens is 230 g/mol. The molecule has 1 aromatic rings. The van der Waals surface area contributed by atoms with E-state index in [2.05, 4.69) is 10.3 Å². The average molecular weight is 249 g/mol. The van der Waals surface area contributed by atoms with E-state index in [0.29, 0.717) is 19.0 Å². The number of likely N-dealkylation sites (tertiary alicyclic amines) is 1. The van der Waals surface area contributed by atoms with Gasteiger partial charge >= 0.3 is 0 Å². The number of pyridine rings is 1. The maximum atomic E-state index is 11.8. The summed E-state index contributed by atoms with van der Waals surface area (Å²) in [5, 5.41) is 3.16. The Morgan fingerprint density at radius 2 is 2.28 bits per heavy atom. The molecule has 0 radical (unpaired) electrons. The molecule has 18 heavy (non-hydrogen) atoms. The van der Waals surface area contributed by atoms with E-state index in [-0.39, 0.29) is 5.91 Å². The molecule has 2 heterocycles. The zero-order valence-electron chi connectivity index (χ0n) is 10.7. The van der Waals surface area contributed by atoms with E-state index in [0.717, 1.165) is 31.5 Å². The highest BCUT2D eigenvalue weighted by molar-refractivity contribution is 5.78. The molecule has 1 saturated heterocycles. The van der Waals surface area contributed by atoms with Crippen LogP contribution in [0.1, 0.15) is 18.4 Å². The summed E-state index contributed by atoms with van der Waals surface area (Å²) < 4.78 is 5.05. The fraction of sp³-hybridized carbons (Fsp3) is 0.538. The van der Waals surface area contributed by atoms with Gasteiger partial charge in [-0.3, -0.25) is 4.79 Å². The number of nitrogens with one attached hydrogen (secondary N) is 1. The second-order valence-corrected chi connectivity index (χ2v) is 4.40. The maximum Gasteiger partial charge on any atom is 0.236 e. The van der Waals surface area contributed by atoms with Crippen molar-refractivity contribution in [1.29, 1.82) is 0 Å². The molecule has 0 bridgehead atoms. The standard InChI is InChI=1S/C13H19N3O2/c1-18-12-8-11(4-5-15-12)9-14-10-13(17)16-6-2-3-7-16/h4-5,8,14H,2-3,6-7,9-10H2,1H3. The Labute approximate surface area is 107 Å². The van der Waals surface area contributed by atoms with Crippen molar-refractivity contribution >= 4 is 5.91 Å². The summed E-state index contributed by atoms with van der Waals surface area (Å²) in [6.07, 6.45) is 3.97. The molecule has 0 unspecified atom stereocenters. The Hall–Kier alpha value is -1.62. The predicted octanol–water partition coefficient (Wildman–Crippen LogP) is 0.802. The van der Waals surface area contributed by atoms with Gasteiger partial charge < -0.3 is 15.0 Å². The molecule has 1 amide bonds. The van der Waals surface area contributed by atoms with Crippen LogP contribution in [0, 0.1) is 0 Å². The molecule has 0 atom stereocenters. The van der Waals surface area contributed by atoms with Gasteiger partial charge in [0.25, 0.3) is 0 Å². The first-order chi connectivity index (χ1) is 8.79. The van der Waals surface area contributed by atoms with E-state index < -0.39 is 0 Å². The molecule has 0 saturated carbocycles. The summed E-state index contributed by atoms with van der Waals surface area (Å²) >= 11 is 0. The van der Waals surface area contributed by atoms with E-state index in [1.165, 1.54) is 0 Å². The number of hydrogen-bond acceptors (Lipinski definition) is 4. The second kappa shape index (κ2) is 6.35. The number of carbonyl (C=O) groups excluding carboxylic acids is 1. The third kappa shape index (κ3) is 3.43. The summed E-state index contributed by atoms with van der Waals surface area (Å²) in [5.74, 6) is 0.786. The highest BCUT2D eigenvalue weighted by Crippen LogP contribution is 2.09. The molecule has 1 fully saturated rings. The second-order valence-electron chi connectivity index (χ2n) is 4.40. The number of methoxy groups -OCH3 is 1. The van der Waals surface area contributed by atoms with Gasteiger partial charge in [0, 0.05) is 31.9 Å². The Balaban J connectivity index is 1.75. The van der Waals surface area contributed by atoms with Crippen LogP contribution in [0.5, 0.6) is 5.88 Å². The van der Waals surface area contributed by atoms with Crippen LogP contribution in [0.2, 0.25) is 0 Å². The van der Waals surface area contributed by atoms with Crippen LogP contribution in [0.3, 0.4) is 0 Å². The number of rotatable bonds is 5. The van der Waals surface area contributed by atoms with Gasteiger partial charge in [-0.1, -0.05) is 0 Å². The lowest BCUT2D eigenvalue weighted by Crippen LogP contribution is -2.35. The van der Waals surface area contributed by atoms with Gasteiger partial charge in [0.15, 0.2) is 0 Å². The van der Waals surface area contributed by atoms with Crippen molar-refractivity contribution in [3.8, 4) is 5.88 Å². The van der Waals surface area contributed by atoms with E-state index in [1.54, 1.807) is 13.3 Å². The molecule has 1 aliphatic rings. The summed E-state index contributed by atoms with van der Waals surface area (Å²) in [6, 6.07) is 3.78. The van der Waals surface area contributed by atoms with E-state index in [1.807, 2.05) is 17.0 Å². The maximum absolute atomic E-state index is 11.8. The number of carbonyl (C=O) groups is 1. The zero-order valence-corrected chi connectivity index (χ0v) is 10.7. The van der Waals surface area contributed by atoms with E-state index in [9.17, 15) is 4.79 Å². The number of amides is 1. The molecule has 2 rings (SSSR count). The summed E-state index contributed by atoms with van der Waals surface area (Å²) in [6.45, 7) is 2.86. The van der Waals surface area contributed by atoms with Gasteiger partial charge in [-0.15, -0.1) is 0 Å². The zero-order chi connectivity index (χ0) is 12.8. The quantitative estimate of drug-likeness (QED) is 0.838. The van der Waals surface area contributed by atoms with Crippen molar-refractivity contribution in [2.75, 3.05) is 26.7 Å². The van der Waals surface area contributed by atoms with Crippen LogP contribution in [-0.2, 0) is 11.3 Å². The molecule has 5 heteroatoms. The minimum atomic E-state index is 0.188. The van der Waals surface area contributed by atoms with E-state index >= 15 is 0 Å². The van der Waals surface area contributed by atoms with Gasteiger partial charge in [-0.05, 0) is 24.5 Å². The Kier molecular flexibility index (Phi) is 4.52. The summed E-state index contributed by atoms with van der Waals surface area (Å²) in [7, 11) is 1.59. The monoisotopic (exact) mass is 249 g/mol. The topological polar surface area (TPSA) is 54.5 Å². The molecule has 0 aliphatic carbocycles. The number of aromatic nitrogens is 1. The van der Waals surface area contributed by atoms with Gasteiger partial charge in [-0.2, -0.15) is 0 Å². The van der Waals surface area contributed by atoms with Crippen molar-refractivity contribution in [3.05, 3.63) is 23.9 Å². The fourth-order valence-electron chi connectivity index (χ4n) is 2.06. The Morgan fingerprint density at radius 1 is 1.50 bits per heavy atom. The van der Waals surface area contributed by atoms with Crippen LogP contribution in [0.4, 0.5) is 0 Å². The van der Waals surface area contributed by atoms with Gasteiger partial charge in [0.2, 0.25) is 11.8 Å². The molecule has 5 nitrogen and oxygen atoms in total. The lowest BCUT2D eigenvalue weighted by Gasteiger charge is -2.15. The van der Waals surface area contributed by atoms with Crippen molar-refractivity contribution in [2.24, 2.45) is 0 Å². The van der Waals surface area contributed by atoms with Crippen molar-refractivity contribution in [2.45, 2.75) is 19.4 Å². The molecular formula is C13H19N3O2. The largest absolute Gasteiger partial charge is 0.481 e. The fourth-order valence-corrected chi connectivity index (χ4v) is 2.06. The molecule has 1 aliphatic heterocycles. The van der Waals surface area contributed by atoms with Crippen LogP contribution in [-0.4, -0.2) is 42.5 Å². The number of nitrogens with zero attached hydrogens (tertiary/aromatic N) is 2. The van der Waals surface area contributed by atoms with Crippen molar-refractivity contribution in [1.82, 2.24) is 15.2 Å². The van der Waals surface area contributed by atoms with Gasteiger partial charge in [0.1, 0.15) is 0 Å². The van der Waals surface area contributed by atoms with Crippen LogP contribution >= 0.6 is 0 Å². The first kappa shape index (κ1) is 12.8. The predicted molar refractivity (Wildman–Crippen MR) is 68.3 cm³/mol. The highest BCUT2D eigenvalue weighted by atomic mass is 16.5. The first-order valence-electron chi connectivity index (χ1n) is 6.27. The van der Waals surface area contributed by atoms with Crippen LogP contribution in [0.25, 0.3) is 0 Å². The number of hydrogen-bond donors (Lipinski definition) is 1. The normalized spacial score (nSPS) is 14.8. The van der Waals surface area contributed by atoms with Crippen LogP contribution in [0.15, 0.2) is 18.3 Å². The Bertz CT molecular complexity index is 403.